The van der Waals surface area contributed by atoms with Gasteiger partial charge in [0, 0.05) is 12.5 Å². The van der Waals surface area contributed by atoms with Crippen LogP contribution in [0.1, 0.15) is 44.9 Å². The minimum Gasteiger partial charge on any atom is -0.444 e. The molecule has 0 aliphatic carbocycles. The van der Waals surface area contributed by atoms with Gasteiger partial charge in [-0.15, -0.1) is 13.2 Å². The predicted molar refractivity (Wildman–Crippen MR) is 112 cm³/mol. The molecular formula is C23H25F3N2O4. The monoisotopic (exact) mass is 450 g/mol. The number of nitrogens with zero attached hydrogens (tertiary/aromatic N) is 1. The molecule has 2 atom stereocenters. The topological polar surface area (TPSA) is 67.9 Å². The van der Waals surface area contributed by atoms with E-state index < -0.39 is 41.8 Å². The molecule has 1 heterocycles. The van der Waals surface area contributed by atoms with E-state index in [0.717, 1.165) is 5.56 Å². The van der Waals surface area contributed by atoms with Crippen molar-refractivity contribution in [3.8, 4) is 5.75 Å². The van der Waals surface area contributed by atoms with Gasteiger partial charge in [-0.25, -0.2) is 4.79 Å². The van der Waals surface area contributed by atoms with Crippen LogP contribution < -0.4 is 15.0 Å². The molecule has 2 aromatic rings. The number of benzene rings is 2. The maximum absolute atomic E-state index is 13.4. The number of alkyl halides is 3. The van der Waals surface area contributed by atoms with Gasteiger partial charge < -0.3 is 19.7 Å². The number of anilines is 1. The number of amides is 2. The third-order valence-electron chi connectivity index (χ3n) is 4.87. The lowest BCUT2D eigenvalue weighted by Crippen LogP contribution is -2.54. The summed E-state index contributed by atoms with van der Waals surface area (Å²) in [6, 6.07) is 11.5. The Morgan fingerprint density at radius 1 is 1.12 bits per heavy atom. The van der Waals surface area contributed by atoms with Crippen LogP contribution in [0.2, 0.25) is 0 Å². The van der Waals surface area contributed by atoms with E-state index in [0.29, 0.717) is 11.3 Å². The molecule has 0 saturated heterocycles. The second-order valence-corrected chi connectivity index (χ2v) is 8.54. The third kappa shape index (κ3) is 5.72. The van der Waals surface area contributed by atoms with E-state index in [1.807, 2.05) is 18.2 Å². The number of hydrogen-bond donors (Lipinski definition) is 1. The molecule has 1 aliphatic heterocycles. The number of halogens is 3. The standard InChI is InChI=1S/C23H25F3N2O4/c1-14(15-8-6-5-7-9-15)28-19-13-17(31-23(24,25)26)11-10-16(19)12-18(20(28)29)27-21(30)32-22(2,3)4/h5-11,13-14,18H,12H2,1-4H3,(H,27,30)/t14-,18+/m0/s1. The normalized spacial score (nSPS) is 17.4. The van der Waals surface area contributed by atoms with Crippen LogP contribution in [0, 0.1) is 0 Å². The molecule has 0 aromatic heterocycles. The van der Waals surface area contributed by atoms with Crippen molar-refractivity contribution in [2.45, 2.75) is 58.2 Å². The average Bonchev–Trinajstić information content (AvgIpc) is 2.66. The Balaban J connectivity index is 1.98. The highest BCUT2D eigenvalue weighted by molar-refractivity contribution is 6.02. The number of carbonyl (C=O) groups is 2. The first kappa shape index (κ1) is 23.4. The third-order valence-corrected chi connectivity index (χ3v) is 4.87. The summed E-state index contributed by atoms with van der Waals surface area (Å²) in [5.41, 5.74) is 0.936. The Kier molecular flexibility index (Phi) is 6.39. The van der Waals surface area contributed by atoms with Gasteiger partial charge in [0.05, 0.1) is 11.7 Å². The van der Waals surface area contributed by atoms with Gasteiger partial charge in [0.2, 0.25) is 0 Å². The Morgan fingerprint density at radius 3 is 2.38 bits per heavy atom. The minimum absolute atomic E-state index is 0.109. The summed E-state index contributed by atoms with van der Waals surface area (Å²) < 4.78 is 47.6. The Labute approximate surface area is 184 Å². The molecule has 32 heavy (non-hydrogen) atoms. The molecule has 0 spiro atoms. The van der Waals surface area contributed by atoms with Crippen LogP contribution in [0.4, 0.5) is 23.7 Å². The van der Waals surface area contributed by atoms with E-state index in [9.17, 15) is 22.8 Å². The van der Waals surface area contributed by atoms with Crippen LogP contribution in [0.5, 0.6) is 5.75 Å². The van der Waals surface area contributed by atoms with E-state index in [4.69, 9.17) is 4.74 Å². The van der Waals surface area contributed by atoms with Gasteiger partial charge in [0.1, 0.15) is 17.4 Å². The zero-order valence-electron chi connectivity index (χ0n) is 18.2. The Bertz CT molecular complexity index is 987. The molecule has 2 amide bonds. The van der Waals surface area contributed by atoms with Gasteiger partial charge in [-0.05, 0) is 44.9 Å². The van der Waals surface area contributed by atoms with Gasteiger partial charge in [-0.1, -0.05) is 36.4 Å². The molecule has 3 rings (SSSR count). The van der Waals surface area contributed by atoms with Crippen molar-refractivity contribution in [1.82, 2.24) is 5.32 Å². The highest BCUT2D eigenvalue weighted by Crippen LogP contribution is 2.38. The average molecular weight is 450 g/mol. The molecule has 2 aromatic carbocycles. The van der Waals surface area contributed by atoms with E-state index in [2.05, 4.69) is 10.1 Å². The van der Waals surface area contributed by atoms with E-state index >= 15 is 0 Å². The van der Waals surface area contributed by atoms with Gasteiger partial charge >= 0.3 is 12.5 Å². The molecule has 1 N–H and O–H groups in total. The van der Waals surface area contributed by atoms with Gasteiger partial charge in [-0.2, -0.15) is 0 Å². The SMILES string of the molecule is C[C@@H](c1ccccc1)N1C(=O)[C@H](NC(=O)OC(C)(C)C)Cc2ccc(OC(F)(F)F)cc21. The van der Waals surface area contributed by atoms with Crippen LogP contribution in [0.25, 0.3) is 0 Å². The largest absolute Gasteiger partial charge is 0.573 e. The fraction of sp³-hybridized carbons (Fsp3) is 0.391. The smallest absolute Gasteiger partial charge is 0.444 e. The molecule has 0 fully saturated rings. The van der Waals surface area contributed by atoms with Crippen molar-refractivity contribution >= 4 is 17.7 Å². The molecule has 0 saturated carbocycles. The predicted octanol–water partition coefficient (Wildman–Crippen LogP) is 5.13. The lowest BCUT2D eigenvalue weighted by molar-refractivity contribution is -0.274. The van der Waals surface area contributed by atoms with Crippen LogP contribution in [0.15, 0.2) is 48.5 Å². The number of alkyl carbamates (subject to hydrolysis) is 1. The Hall–Kier alpha value is -3.23. The molecular weight excluding hydrogens is 425 g/mol. The molecule has 6 nitrogen and oxygen atoms in total. The summed E-state index contributed by atoms with van der Waals surface area (Å²) >= 11 is 0. The van der Waals surface area contributed by atoms with Crippen LogP contribution in [-0.2, 0) is 16.0 Å². The zero-order chi connectivity index (χ0) is 23.7. The van der Waals surface area contributed by atoms with E-state index in [1.165, 1.54) is 23.1 Å². The van der Waals surface area contributed by atoms with Gasteiger partial charge in [-0.3, -0.25) is 4.79 Å². The summed E-state index contributed by atoms with van der Waals surface area (Å²) in [5, 5.41) is 2.59. The first-order chi connectivity index (χ1) is 14.8. The first-order valence-electron chi connectivity index (χ1n) is 10.1. The summed E-state index contributed by atoms with van der Waals surface area (Å²) in [7, 11) is 0. The first-order valence-corrected chi connectivity index (χ1v) is 10.1. The van der Waals surface area contributed by atoms with Crippen molar-refractivity contribution in [3.05, 3.63) is 59.7 Å². The van der Waals surface area contributed by atoms with Crippen molar-refractivity contribution in [3.63, 3.8) is 0 Å². The number of carbonyl (C=O) groups excluding carboxylic acids is 2. The van der Waals surface area contributed by atoms with Crippen molar-refractivity contribution in [2.75, 3.05) is 4.90 Å². The molecule has 9 heteroatoms. The second kappa shape index (κ2) is 8.72. The second-order valence-electron chi connectivity index (χ2n) is 8.54. The van der Waals surface area contributed by atoms with E-state index in [-0.39, 0.29) is 6.42 Å². The van der Waals surface area contributed by atoms with Gasteiger partial charge in [0.25, 0.3) is 5.91 Å². The molecule has 0 radical (unpaired) electrons. The summed E-state index contributed by atoms with van der Waals surface area (Å²) in [6.07, 6.45) is -5.50. The lowest BCUT2D eigenvalue weighted by atomic mass is 9.94. The highest BCUT2D eigenvalue weighted by atomic mass is 19.4. The maximum atomic E-state index is 13.4. The number of rotatable bonds is 4. The Morgan fingerprint density at radius 2 is 1.78 bits per heavy atom. The zero-order valence-corrected chi connectivity index (χ0v) is 18.2. The van der Waals surface area contributed by atoms with Crippen LogP contribution in [-0.4, -0.2) is 30.0 Å². The summed E-state index contributed by atoms with van der Waals surface area (Å²) in [5.74, 6) is -0.878. The fourth-order valence-electron chi connectivity index (χ4n) is 3.57. The lowest BCUT2D eigenvalue weighted by Gasteiger charge is -2.38. The van der Waals surface area contributed by atoms with E-state index in [1.54, 1.807) is 39.8 Å². The van der Waals surface area contributed by atoms with Crippen LogP contribution in [0.3, 0.4) is 0 Å². The van der Waals surface area contributed by atoms with Crippen molar-refractivity contribution < 1.29 is 32.2 Å². The quantitative estimate of drug-likeness (QED) is 0.701. The number of fused-ring (bicyclic) bond motifs is 1. The number of ether oxygens (including phenoxy) is 2. The van der Waals surface area contributed by atoms with Crippen LogP contribution >= 0.6 is 0 Å². The summed E-state index contributed by atoms with van der Waals surface area (Å²) in [6.45, 7) is 6.88. The van der Waals surface area contributed by atoms with Crippen molar-refractivity contribution in [2.24, 2.45) is 0 Å². The van der Waals surface area contributed by atoms with Crippen molar-refractivity contribution in [1.29, 1.82) is 0 Å². The van der Waals surface area contributed by atoms with Gasteiger partial charge in [0.15, 0.2) is 0 Å². The molecule has 1 aliphatic rings. The fourth-order valence-corrected chi connectivity index (χ4v) is 3.57. The maximum Gasteiger partial charge on any atom is 0.573 e. The summed E-state index contributed by atoms with van der Waals surface area (Å²) in [4.78, 5) is 27.1. The molecule has 172 valence electrons. The number of nitrogens with one attached hydrogen (secondary N) is 1. The number of hydrogen-bond acceptors (Lipinski definition) is 4. The highest BCUT2D eigenvalue weighted by Gasteiger charge is 2.38. The minimum atomic E-state index is -4.86. The molecule has 0 unspecified atom stereocenters. The molecule has 0 bridgehead atoms.